The number of carbonyl (C=O) groups excluding carboxylic acids is 2. The molecule has 1 atom stereocenters. The Bertz CT molecular complexity index is 432. The molecule has 0 radical (unpaired) electrons. The highest BCUT2D eigenvalue weighted by Gasteiger charge is 2.14. The number of amides is 2. The summed E-state index contributed by atoms with van der Waals surface area (Å²) in [5, 5.41) is 7.71. The lowest BCUT2D eigenvalue weighted by atomic mass is 10.2. The van der Waals surface area contributed by atoms with Crippen LogP contribution in [0.5, 0.6) is 0 Å². The first kappa shape index (κ1) is 16.7. The molecule has 0 spiro atoms. The van der Waals surface area contributed by atoms with Crippen LogP contribution in [-0.4, -0.2) is 42.9 Å². The minimum absolute atomic E-state index is 0.000362. The first-order valence-electron chi connectivity index (χ1n) is 6.69. The molecule has 2 amide bonds. The van der Waals surface area contributed by atoms with E-state index in [1.807, 2.05) is 38.3 Å². The van der Waals surface area contributed by atoms with Crippen LogP contribution in [0.15, 0.2) is 17.5 Å². The summed E-state index contributed by atoms with van der Waals surface area (Å²) in [5.41, 5.74) is 0. The van der Waals surface area contributed by atoms with Crippen LogP contribution in [0.25, 0.3) is 0 Å². The first-order chi connectivity index (χ1) is 9.38. The lowest BCUT2D eigenvalue weighted by molar-refractivity contribution is -0.125. The largest absolute Gasteiger partial charge is 0.353 e. The van der Waals surface area contributed by atoms with Crippen LogP contribution >= 0.6 is 11.3 Å². The molecule has 0 fully saturated rings. The van der Waals surface area contributed by atoms with Crippen molar-refractivity contribution in [2.75, 3.05) is 20.1 Å². The van der Waals surface area contributed by atoms with Gasteiger partial charge in [0.1, 0.15) is 0 Å². The van der Waals surface area contributed by atoms with Gasteiger partial charge >= 0.3 is 0 Å². The predicted octanol–water partition coefficient (Wildman–Crippen LogP) is 1.38. The molecule has 0 aromatic carbocycles. The molecule has 0 aliphatic heterocycles. The summed E-state index contributed by atoms with van der Waals surface area (Å²) < 4.78 is 0. The quantitative estimate of drug-likeness (QED) is 0.799. The van der Waals surface area contributed by atoms with Gasteiger partial charge in [0, 0.05) is 10.9 Å². The van der Waals surface area contributed by atoms with E-state index in [0.717, 1.165) is 4.88 Å². The molecule has 6 heteroatoms. The Morgan fingerprint density at radius 3 is 2.30 bits per heavy atom. The SMILES string of the molecule is CC(C)NC(=O)CN(C)CC(=O)N[C@@H](C)c1cccs1. The van der Waals surface area contributed by atoms with Gasteiger partial charge in [-0.15, -0.1) is 11.3 Å². The summed E-state index contributed by atoms with van der Waals surface area (Å²) in [6, 6.07) is 4.07. The summed E-state index contributed by atoms with van der Waals surface area (Å²) in [6.07, 6.45) is 0. The molecule has 0 unspecified atom stereocenters. The van der Waals surface area contributed by atoms with Gasteiger partial charge in [-0.05, 0) is 39.3 Å². The molecule has 0 saturated carbocycles. The number of nitrogens with zero attached hydrogens (tertiary/aromatic N) is 1. The summed E-state index contributed by atoms with van der Waals surface area (Å²) in [5.74, 6) is -0.146. The Hall–Kier alpha value is -1.40. The van der Waals surface area contributed by atoms with Crippen LogP contribution in [0.3, 0.4) is 0 Å². The highest BCUT2D eigenvalue weighted by molar-refractivity contribution is 7.10. The summed E-state index contributed by atoms with van der Waals surface area (Å²) >= 11 is 1.62. The van der Waals surface area contributed by atoms with Gasteiger partial charge < -0.3 is 10.6 Å². The Morgan fingerprint density at radius 2 is 1.80 bits per heavy atom. The van der Waals surface area contributed by atoms with Gasteiger partial charge in [0.05, 0.1) is 19.1 Å². The van der Waals surface area contributed by atoms with Crippen LogP contribution in [0.1, 0.15) is 31.7 Å². The maximum absolute atomic E-state index is 11.9. The normalized spacial score (nSPS) is 12.5. The van der Waals surface area contributed by atoms with Gasteiger partial charge in [-0.25, -0.2) is 0 Å². The number of thiophene rings is 1. The van der Waals surface area contributed by atoms with E-state index in [-0.39, 0.29) is 37.0 Å². The second kappa shape index (κ2) is 8.01. The van der Waals surface area contributed by atoms with E-state index in [4.69, 9.17) is 0 Å². The van der Waals surface area contributed by atoms with Gasteiger partial charge in [-0.3, -0.25) is 14.5 Å². The Balaban J connectivity index is 2.33. The molecule has 1 aromatic rings. The zero-order valence-electron chi connectivity index (χ0n) is 12.5. The fourth-order valence-corrected chi connectivity index (χ4v) is 2.54. The van der Waals surface area contributed by atoms with Crippen molar-refractivity contribution in [1.82, 2.24) is 15.5 Å². The van der Waals surface area contributed by atoms with Crippen molar-refractivity contribution < 1.29 is 9.59 Å². The molecule has 0 aliphatic rings. The van der Waals surface area contributed by atoms with Crippen molar-refractivity contribution in [3.05, 3.63) is 22.4 Å². The third-order valence-corrected chi connectivity index (χ3v) is 3.68. The fraction of sp³-hybridized carbons (Fsp3) is 0.571. The standard InChI is InChI=1S/C14H23N3O2S/c1-10(2)15-13(18)8-17(4)9-14(19)16-11(3)12-6-5-7-20-12/h5-7,10-11H,8-9H2,1-4H3,(H,15,18)(H,16,19)/t11-/m0/s1. The monoisotopic (exact) mass is 297 g/mol. The van der Waals surface area contributed by atoms with E-state index in [2.05, 4.69) is 10.6 Å². The van der Waals surface area contributed by atoms with E-state index < -0.39 is 0 Å². The highest BCUT2D eigenvalue weighted by atomic mass is 32.1. The van der Waals surface area contributed by atoms with Crippen LogP contribution < -0.4 is 10.6 Å². The third-order valence-electron chi connectivity index (χ3n) is 2.62. The molecule has 112 valence electrons. The van der Waals surface area contributed by atoms with Gasteiger partial charge in [0.15, 0.2) is 0 Å². The van der Waals surface area contributed by atoms with Crippen LogP contribution in [-0.2, 0) is 9.59 Å². The zero-order chi connectivity index (χ0) is 15.1. The molecular formula is C14H23N3O2S. The summed E-state index contributed by atoms with van der Waals surface area (Å²) in [7, 11) is 1.76. The molecule has 20 heavy (non-hydrogen) atoms. The number of hydrogen-bond donors (Lipinski definition) is 2. The average molecular weight is 297 g/mol. The number of carbonyl (C=O) groups is 2. The van der Waals surface area contributed by atoms with Crippen molar-refractivity contribution in [3.63, 3.8) is 0 Å². The number of rotatable bonds is 7. The van der Waals surface area contributed by atoms with E-state index in [0.29, 0.717) is 0 Å². The number of nitrogens with one attached hydrogen (secondary N) is 2. The lowest BCUT2D eigenvalue weighted by Crippen LogP contribution is -2.42. The van der Waals surface area contributed by atoms with Crippen molar-refractivity contribution in [1.29, 1.82) is 0 Å². The summed E-state index contributed by atoms with van der Waals surface area (Å²) in [4.78, 5) is 26.3. The molecule has 0 bridgehead atoms. The second-order valence-electron chi connectivity index (χ2n) is 5.20. The van der Waals surface area contributed by atoms with E-state index in [9.17, 15) is 9.59 Å². The Kier molecular flexibility index (Phi) is 6.67. The van der Waals surface area contributed by atoms with Crippen molar-refractivity contribution in [3.8, 4) is 0 Å². The van der Waals surface area contributed by atoms with Crippen molar-refractivity contribution >= 4 is 23.2 Å². The van der Waals surface area contributed by atoms with E-state index in [1.54, 1.807) is 23.3 Å². The maximum atomic E-state index is 11.9. The summed E-state index contributed by atoms with van der Waals surface area (Å²) in [6.45, 7) is 6.20. The Labute approximate surface area is 124 Å². The first-order valence-corrected chi connectivity index (χ1v) is 7.57. The van der Waals surface area contributed by atoms with Crippen LogP contribution in [0.2, 0.25) is 0 Å². The van der Waals surface area contributed by atoms with E-state index >= 15 is 0 Å². The number of likely N-dealkylation sites (N-methyl/N-ethyl adjacent to an activating group) is 1. The van der Waals surface area contributed by atoms with E-state index in [1.165, 1.54) is 0 Å². The molecule has 0 aliphatic carbocycles. The number of hydrogen-bond acceptors (Lipinski definition) is 4. The van der Waals surface area contributed by atoms with Gasteiger partial charge in [-0.2, -0.15) is 0 Å². The fourth-order valence-electron chi connectivity index (χ4n) is 1.81. The smallest absolute Gasteiger partial charge is 0.234 e. The molecule has 2 N–H and O–H groups in total. The van der Waals surface area contributed by atoms with Crippen LogP contribution in [0, 0.1) is 0 Å². The van der Waals surface area contributed by atoms with Crippen molar-refractivity contribution in [2.45, 2.75) is 32.9 Å². The molecule has 1 aromatic heterocycles. The minimum Gasteiger partial charge on any atom is -0.353 e. The minimum atomic E-state index is -0.0780. The predicted molar refractivity (Wildman–Crippen MR) is 81.7 cm³/mol. The molecule has 1 rings (SSSR count). The van der Waals surface area contributed by atoms with Crippen LogP contribution in [0.4, 0.5) is 0 Å². The van der Waals surface area contributed by atoms with Gasteiger partial charge in [0.2, 0.25) is 11.8 Å². The highest BCUT2D eigenvalue weighted by Crippen LogP contribution is 2.17. The third kappa shape index (κ3) is 6.16. The van der Waals surface area contributed by atoms with Gasteiger partial charge in [0.25, 0.3) is 0 Å². The molecular weight excluding hydrogens is 274 g/mol. The molecule has 0 saturated heterocycles. The molecule has 5 nitrogen and oxygen atoms in total. The average Bonchev–Trinajstić information content (AvgIpc) is 2.79. The molecule has 1 heterocycles. The second-order valence-corrected chi connectivity index (χ2v) is 6.18. The lowest BCUT2D eigenvalue weighted by Gasteiger charge is -2.18. The Morgan fingerprint density at radius 1 is 1.20 bits per heavy atom. The topological polar surface area (TPSA) is 61.4 Å². The zero-order valence-corrected chi connectivity index (χ0v) is 13.3. The maximum Gasteiger partial charge on any atom is 0.234 e. The van der Waals surface area contributed by atoms with Crippen molar-refractivity contribution in [2.24, 2.45) is 0 Å². The van der Waals surface area contributed by atoms with Gasteiger partial charge in [-0.1, -0.05) is 6.07 Å².